The highest BCUT2D eigenvalue weighted by Gasteiger charge is 2.51. The summed E-state index contributed by atoms with van der Waals surface area (Å²) >= 11 is 0. The lowest BCUT2D eigenvalue weighted by Gasteiger charge is -2.16. The molecule has 2 saturated heterocycles. The molecule has 0 aromatic carbocycles. The Balaban J connectivity index is 1.41. The zero-order valence-electron chi connectivity index (χ0n) is 13.2. The molecule has 130 valence electrons. The molecular formula is C15H25N3O4S. The molecule has 8 heteroatoms. The molecule has 0 spiro atoms. The van der Waals surface area contributed by atoms with E-state index in [0.717, 1.165) is 12.8 Å². The lowest BCUT2D eigenvalue weighted by Crippen LogP contribution is -2.39. The molecule has 0 aromatic rings. The van der Waals surface area contributed by atoms with Gasteiger partial charge in [-0.15, -0.1) is 0 Å². The highest BCUT2D eigenvalue weighted by Crippen LogP contribution is 2.28. The molecule has 0 aromatic heterocycles. The molecule has 2 heterocycles. The van der Waals surface area contributed by atoms with Gasteiger partial charge in [0.05, 0.1) is 23.1 Å². The number of urea groups is 1. The van der Waals surface area contributed by atoms with E-state index in [0.29, 0.717) is 31.7 Å². The number of nitrogens with one attached hydrogen (secondary N) is 3. The van der Waals surface area contributed by atoms with Crippen molar-refractivity contribution < 1.29 is 18.0 Å². The summed E-state index contributed by atoms with van der Waals surface area (Å²) in [6.45, 7) is 0. The maximum Gasteiger partial charge on any atom is 0.315 e. The molecule has 3 atom stereocenters. The summed E-state index contributed by atoms with van der Waals surface area (Å²) in [4.78, 5) is 23.2. The van der Waals surface area contributed by atoms with Gasteiger partial charge >= 0.3 is 6.03 Å². The summed E-state index contributed by atoms with van der Waals surface area (Å²) in [6.07, 6.45) is 6.83. The van der Waals surface area contributed by atoms with E-state index in [-0.39, 0.29) is 29.8 Å². The van der Waals surface area contributed by atoms with E-state index in [1.807, 2.05) is 0 Å². The van der Waals surface area contributed by atoms with Crippen LogP contribution in [0.15, 0.2) is 0 Å². The van der Waals surface area contributed by atoms with Gasteiger partial charge in [0, 0.05) is 12.5 Å². The number of hydrogen-bond donors (Lipinski definition) is 3. The van der Waals surface area contributed by atoms with Crippen molar-refractivity contribution in [1.29, 1.82) is 0 Å². The minimum atomic E-state index is -3.17. The van der Waals surface area contributed by atoms with Crippen LogP contribution in [0.2, 0.25) is 0 Å². The van der Waals surface area contributed by atoms with E-state index in [1.54, 1.807) is 0 Å². The van der Waals surface area contributed by atoms with Crippen molar-refractivity contribution in [1.82, 2.24) is 16.0 Å². The number of rotatable bonds is 6. The summed E-state index contributed by atoms with van der Waals surface area (Å²) in [6, 6.07) is -0.572. The third-order valence-electron chi connectivity index (χ3n) is 5.18. The molecule has 3 amide bonds. The zero-order valence-corrected chi connectivity index (χ0v) is 14.0. The third-order valence-corrected chi connectivity index (χ3v) is 7.46. The summed E-state index contributed by atoms with van der Waals surface area (Å²) in [7, 11) is -3.17. The summed E-state index contributed by atoms with van der Waals surface area (Å²) in [5.74, 6) is 0.0864. The number of unbranched alkanes of at least 4 members (excludes halogenated alkanes) is 1. The molecule has 3 N–H and O–H groups in total. The summed E-state index contributed by atoms with van der Waals surface area (Å²) < 4.78 is 24.3. The molecule has 2 aliphatic heterocycles. The van der Waals surface area contributed by atoms with Crippen LogP contribution in [0.3, 0.4) is 0 Å². The first-order chi connectivity index (χ1) is 11.0. The first-order valence-corrected chi connectivity index (χ1v) is 10.3. The quantitative estimate of drug-likeness (QED) is 0.481. The van der Waals surface area contributed by atoms with Gasteiger partial charge in [0.15, 0.2) is 9.84 Å². The van der Waals surface area contributed by atoms with Crippen LogP contribution >= 0.6 is 0 Å². The second kappa shape index (κ2) is 6.67. The van der Waals surface area contributed by atoms with Gasteiger partial charge in [0.2, 0.25) is 5.91 Å². The Bertz CT molecular complexity index is 571. The SMILES string of the molecule is O=C(CCCC[C@@H]1[C@H]2NC(=O)N[C@@H]2CS1(=O)=O)NC1CCCC1. The van der Waals surface area contributed by atoms with Gasteiger partial charge in [-0.05, 0) is 25.7 Å². The number of fused-ring (bicyclic) bond motifs is 1. The topological polar surface area (TPSA) is 104 Å². The van der Waals surface area contributed by atoms with Crippen LogP contribution in [-0.2, 0) is 14.6 Å². The van der Waals surface area contributed by atoms with Crippen molar-refractivity contribution in [2.75, 3.05) is 5.75 Å². The van der Waals surface area contributed by atoms with Crippen LogP contribution in [0.5, 0.6) is 0 Å². The number of amides is 3. The smallest absolute Gasteiger partial charge is 0.315 e. The van der Waals surface area contributed by atoms with E-state index >= 15 is 0 Å². The molecule has 1 saturated carbocycles. The monoisotopic (exact) mass is 343 g/mol. The van der Waals surface area contributed by atoms with Gasteiger partial charge in [-0.25, -0.2) is 13.2 Å². The zero-order chi connectivity index (χ0) is 16.4. The van der Waals surface area contributed by atoms with Gasteiger partial charge in [-0.3, -0.25) is 4.79 Å². The van der Waals surface area contributed by atoms with Gasteiger partial charge in [-0.2, -0.15) is 0 Å². The average Bonchev–Trinajstić information content (AvgIpc) is 3.12. The van der Waals surface area contributed by atoms with Crippen molar-refractivity contribution in [2.45, 2.75) is 74.7 Å². The van der Waals surface area contributed by atoms with Gasteiger partial charge in [-0.1, -0.05) is 19.3 Å². The Morgan fingerprint density at radius 3 is 2.65 bits per heavy atom. The van der Waals surface area contributed by atoms with Crippen LogP contribution < -0.4 is 16.0 Å². The van der Waals surface area contributed by atoms with E-state index < -0.39 is 15.1 Å². The standard InChI is InChI=1S/C15H25N3O4S/c19-13(16-10-5-1-2-6-10)8-4-3-7-12-14-11(9-23(12,21)22)17-15(20)18-14/h10-12,14H,1-9H2,(H,16,19)(H2,17,18,20)/t11-,12-,14+/m1/s1. The first kappa shape index (κ1) is 16.5. The summed E-state index contributed by atoms with van der Waals surface area (Å²) in [5.41, 5.74) is 0. The van der Waals surface area contributed by atoms with Crippen LogP contribution in [0, 0.1) is 0 Å². The highest BCUT2D eigenvalue weighted by atomic mass is 32.2. The van der Waals surface area contributed by atoms with Crippen LogP contribution in [0.25, 0.3) is 0 Å². The predicted octanol–water partition coefficient (Wildman–Crippen LogP) is 0.453. The molecule has 0 radical (unpaired) electrons. The summed E-state index contributed by atoms with van der Waals surface area (Å²) in [5, 5.41) is 7.89. The average molecular weight is 343 g/mol. The fourth-order valence-electron chi connectivity index (χ4n) is 4.01. The van der Waals surface area contributed by atoms with Crippen molar-refractivity contribution in [3.63, 3.8) is 0 Å². The second-order valence-electron chi connectivity index (χ2n) is 6.91. The van der Waals surface area contributed by atoms with E-state index in [2.05, 4.69) is 16.0 Å². The molecular weight excluding hydrogens is 318 g/mol. The highest BCUT2D eigenvalue weighted by molar-refractivity contribution is 7.92. The normalized spacial score (nSPS) is 32.3. The van der Waals surface area contributed by atoms with Gasteiger partial charge in [0.1, 0.15) is 0 Å². The number of carbonyl (C=O) groups excluding carboxylic acids is 2. The minimum absolute atomic E-state index is 0.0171. The molecule has 3 aliphatic rings. The Morgan fingerprint density at radius 2 is 1.91 bits per heavy atom. The molecule has 0 bridgehead atoms. The largest absolute Gasteiger partial charge is 0.353 e. The van der Waals surface area contributed by atoms with Crippen molar-refractivity contribution in [3.05, 3.63) is 0 Å². The fourth-order valence-corrected chi connectivity index (χ4v) is 6.28. The van der Waals surface area contributed by atoms with Crippen molar-refractivity contribution in [3.8, 4) is 0 Å². The van der Waals surface area contributed by atoms with Crippen LogP contribution in [-0.4, -0.2) is 49.5 Å². The molecule has 3 rings (SSSR count). The number of carbonyl (C=O) groups is 2. The molecule has 1 aliphatic carbocycles. The van der Waals surface area contributed by atoms with E-state index in [9.17, 15) is 18.0 Å². The number of sulfone groups is 1. The van der Waals surface area contributed by atoms with Crippen LogP contribution in [0.4, 0.5) is 4.79 Å². The predicted molar refractivity (Wildman–Crippen MR) is 85.7 cm³/mol. The Labute approximate surface area is 136 Å². The number of hydrogen-bond acceptors (Lipinski definition) is 4. The Morgan fingerprint density at radius 1 is 1.17 bits per heavy atom. The second-order valence-corrected chi connectivity index (χ2v) is 9.18. The molecule has 0 unspecified atom stereocenters. The van der Waals surface area contributed by atoms with Gasteiger partial charge in [0.25, 0.3) is 0 Å². The first-order valence-electron chi connectivity index (χ1n) is 8.54. The third kappa shape index (κ3) is 3.79. The van der Waals surface area contributed by atoms with Gasteiger partial charge < -0.3 is 16.0 Å². The Hall–Kier alpha value is -1.31. The van der Waals surface area contributed by atoms with E-state index in [1.165, 1.54) is 12.8 Å². The molecule has 23 heavy (non-hydrogen) atoms. The lowest BCUT2D eigenvalue weighted by molar-refractivity contribution is -0.121. The van der Waals surface area contributed by atoms with E-state index in [4.69, 9.17) is 0 Å². The Kier molecular flexibility index (Phi) is 4.79. The van der Waals surface area contributed by atoms with Crippen molar-refractivity contribution >= 4 is 21.8 Å². The van der Waals surface area contributed by atoms with Crippen LogP contribution in [0.1, 0.15) is 51.4 Å². The maximum atomic E-state index is 12.2. The molecule has 7 nitrogen and oxygen atoms in total. The maximum absolute atomic E-state index is 12.2. The fraction of sp³-hybridized carbons (Fsp3) is 0.867. The van der Waals surface area contributed by atoms with Crippen molar-refractivity contribution in [2.24, 2.45) is 0 Å². The lowest BCUT2D eigenvalue weighted by atomic mass is 10.0. The molecule has 3 fully saturated rings. The minimum Gasteiger partial charge on any atom is -0.353 e.